The summed E-state index contributed by atoms with van der Waals surface area (Å²) in [5, 5.41) is 18.9. The average Bonchev–Trinajstić information content (AvgIpc) is 1.56. The summed E-state index contributed by atoms with van der Waals surface area (Å²) < 4.78 is 21.4. The fourth-order valence-corrected chi connectivity index (χ4v) is 23.6. The van der Waals surface area contributed by atoms with Gasteiger partial charge in [0.25, 0.3) is 0 Å². The third kappa shape index (κ3) is 13.8. The molecular weight excluding hydrogens is 1780 g/mol. The summed E-state index contributed by atoms with van der Waals surface area (Å²) in [5.41, 5.74) is 38.3. The van der Waals surface area contributed by atoms with Gasteiger partial charge in [-0.3, -0.25) is 0 Å². The summed E-state index contributed by atoms with van der Waals surface area (Å²) in [6.07, 6.45) is 6.62. The van der Waals surface area contributed by atoms with Crippen molar-refractivity contribution in [2.45, 2.75) is 0 Å². The summed E-state index contributed by atoms with van der Waals surface area (Å²) in [4.78, 5) is 0. The van der Waals surface area contributed by atoms with Crippen molar-refractivity contribution in [1.29, 1.82) is 0 Å². The molecule has 0 spiro atoms. The Morgan fingerprint density at radius 2 is 0.293 bits per heavy atom. The van der Waals surface area contributed by atoms with E-state index in [-0.39, 0.29) is 0 Å². The molecule has 0 unspecified atom stereocenters. The van der Waals surface area contributed by atoms with Gasteiger partial charge in [-0.15, -0.1) is 0 Å². The Morgan fingerprint density at radius 1 is 0.0952 bits per heavy atom. The van der Waals surface area contributed by atoms with Crippen molar-refractivity contribution in [1.82, 2.24) is 41.1 Å². The Labute approximate surface area is 846 Å². The third-order valence-corrected chi connectivity index (χ3v) is 30.2. The predicted octanol–water partition coefficient (Wildman–Crippen LogP) is 36.1. The highest BCUT2D eigenvalue weighted by Crippen LogP contribution is 2.47. The van der Waals surface area contributed by atoms with Crippen LogP contribution in [0.1, 0.15) is 0 Å². The zero-order valence-corrected chi connectivity index (χ0v) is 80.1. The highest BCUT2D eigenvalue weighted by molar-refractivity contribution is 6.22. The Hall–Kier alpha value is -19.7. The van der Waals surface area contributed by atoms with Crippen LogP contribution in [0, 0.1) is 0 Å². The van der Waals surface area contributed by atoms with Crippen LogP contribution in [0.2, 0.25) is 0 Å². The van der Waals surface area contributed by atoms with E-state index in [1.54, 1.807) is 0 Å². The van der Waals surface area contributed by atoms with Crippen LogP contribution in [0.25, 0.3) is 259 Å². The summed E-state index contributed by atoms with van der Waals surface area (Å²) in [7, 11) is 0. The fourth-order valence-electron chi connectivity index (χ4n) is 23.6. The first-order chi connectivity index (χ1) is 73.0. The van der Waals surface area contributed by atoms with Crippen molar-refractivity contribution in [3.05, 3.63) is 552 Å². The highest BCUT2D eigenvalue weighted by Gasteiger charge is 2.25. The Bertz CT molecular complexity index is 10500. The van der Waals surface area contributed by atoms with Crippen LogP contribution >= 0.6 is 0 Å². The van der Waals surface area contributed by atoms with Crippen LogP contribution < -0.4 is 0 Å². The maximum atomic E-state index is 2.41. The van der Waals surface area contributed by atoms with Gasteiger partial charge >= 0.3 is 0 Å². The standard InChI is InChI=1S/C50H33N3.2C44H29N3/c1-4-12-34(13-5-1)36-20-27-48-44(32-36)45-33-37(35-14-6-2-7-15-35)21-28-49(45)52(48)40-24-22-38(23-25-40)51-31-30-43-46(51)29-26-42-41-18-10-11-19-47(41)53(50(42)43)39-16-8-3-9-17-39;1-3-11-30(12-4-1)31-19-25-43-39(29-31)36-16-8-9-17-41(36)46(43)34-22-20-32(21-23-34)45-28-27-38-40(45)26-24-37-35-15-7-10-18-42(35)47(44(37)38)33-13-5-2-6-14-33;1-3-11-30(12-4-1)31-19-24-37-35-15-7-9-17-41(35)46(43(37)29-31)34-22-20-32(21-23-34)45-28-27-39-40(45)26-25-38-36-16-8-10-18-42(36)47(44(38)39)33-13-5-2-6-14-33/h1-33H;2*1-29H. The van der Waals surface area contributed by atoms with E-state index in [1.165, 1.54) is 225 Å². The number of benzene rings is 22. The van der Waals surface area contributed by atoms with Crippen molar-refractivity contribution >= 4 is 164 Å². The molecule has 22 aromatic carbocycles. The molecule has 9 heteroatoms. The van der Waals surface area contributed by atoms with Gasteiger partial charge in [-0.2, -0.15) is 0 Å². The van der Waals surface area contributed by atoms with E-state index in [1.807, 2.05) is 0 Å². The lowest BCUT2D eigenvalue weighted by atomic mass is 10.0. The minimum absolute atomic E-state index is 1.13. The second-order valence-electron chi connectivity index (χ2n) is 38.3. The molecule has 9 aromatic heterocycles. The van der Waals surface area contributed by atoms with Crippen molar-refractivity contribution in [2.75, 3.05) is 0 Å². The summed E-state index contributed by atoms with van der Waals surface area (Å²) >= 11 is 0. The van der Waals surface area contributed by atoms with Gasteiger partial charge in [0.05, 0.1) is 82.8 Å². The quantitative estimate of drug-likeness (QED) is 0.110. The van der Waals surface area contributed by atoms with Gasteiger partial charge in [0.1, 0.15) is 0 Å². The molecule has 9 nitrogen and oxygen atoms in total. The molecule has 0 N–H and O–H groups in total. The Morgan fingerprint density at radius 3 is 0.599 bits per heavy atom. The van der Waals surface area contributed by atoms with Gasteiger partial charge in [-0.25, -0.2) is 0 Å². The minimum Gasteiger partial charge on any atom is -0.316 e. The topological polar surface area (TPSA) is 44.4 Å². The molecule has 0 aliphatic heterocycles. The van der Waals surface area contributed by atoms with Crippen LogP contribution in [0.15, 0.2) is 552 Å². The lowest BCUT2D eigenvalue weighted by Gasteiger charge is -2.12. The van der Waals surface area contributed by atoms with E-state index < -0.39 is 0 Å². The van der Waals surface area contributed by atoms with Crippen LogP contribution in [-0.2, 0) is 0 Å². The number of fused-ring (bicyclic) bond motifs is 24. The highest BCUT2D eigenvalue weighted by atomic mass is 15.1. The van der Waals surface area contributed by atoms with E-state index in [9.17, 15) is 0 Å². The molecule has 0 bridgehead atoms. The second-order valence-corrected chi connectivity index (χ2v) is 38.3. The van der Waals surface area contributed by atoms with Gasteiger partial charge in [0, 0.05) is 151 Å². The van der Waals surface area contributed by atoms with Gasteiger partial charge in [-0.1, -0.05) is 315 Å². The monoisotopic (exact) mass is 1870 g/mol. The first-order valence-corrected chi connectivity index (χ1v) is 50.4. The number of nitrogens with zero attached hydrogens (tertiary/aromatic N) is 9. The normalized spacial score (nSPS) is 11.8. The van der Waals surface area contributed by atoms with Crippen LogP contribution in [0.3, 0.4) is 0 Å². The van der Waals surface area contributed by atoms with Crippen molar-refractivity contribution < 1.29 is 0 Å². The molecule has 0 saturated carbocycles. The molecule has 0 aliphatic rings. The van der Waals surface area contributed by atoms with Gasteiger partial charge in [0.2, 0.25) is 0 Å². The summed E-state index contributed by atoms with van der Waals surface area (Å²) in [6, 6.07) is 193. The second kappa shape index (κ2) is 34.6. The zero-order chi connectivity index (χ0) is 96.7. The largest absolute Gasteiger partial charge is 0.316 e. The molecule has 0 fully saturated rings. The summed E-state index contributed by atoms with van der Waals surface area (Å²) in [6.45, 7) is 0. The lowest BCUT2D eigenvalue weighted by molar-refractivity contribution is 1.11. The number of aromatic nitrogens is 9. The van der Waals surface area contributed by atoms with E-state index in [0.29, 0.717) is 0 Å². The molecule has 31 aromatic rings. The van der Waals surface area contributed by atoms with Gasteiger partial charge in [-0.05, 0) is 263 Å². The van der Waals surface area contributed by atoms with Gasteiger partial charge in [0.15, 0.2) is 0 Å². The Kier molecular flexibility index (Phi) is 19.8. The number of hydrogen-bond donors (Lipinski definition) is 0. The molecule has 688 valence electrons. The van der Waals surface area contributed by atoms with E-state index in [2.05, 4.69) is 594 Å². The molecule has 147 heavy (non-hydrogen) atoms. The zero-order valence-electron chi connectivity index (χ0n) is 80.1. The average molecular weight is 1880 g/mol. The lowest BCUT2D eigenvalue weighted by Crippen LogP contribution is -1.97. The summed E-state index contributed by atoms with van der Waals surface area (Å²) in [5.74, 6) is 0. The van der Waals surface area contributed by atoms with Gasteiger partial charge < -0.3 is 41.1 Å². The molecule has 31 rings (SSSR count). The van der Waals surface area contributed by atoms with Crippen LogP contribution in [0.5, 0.6) is 0 Å². The molecule has 0 amide bonds. The SMILES string of the molecule is c1ccc(-c2ccc3c(c2)c2cc(-c4ccccc4)ccc2n3-c2ccc(-n3ccc4c3ccc3c5ccccc5n(-c5ccccc5)c34)cc2)cc1.c1ccc(-c2ccc3c(c2)c2ccccc2n3-c2ccc(-n3ccc4c3ccc3c5ccccc5n(-c5ccccc5)c34)cc2)cc1.c1ccc(-c2ccc3c4ccccc4n(-c4ccc(-n5ccc6c5ccc5c7ccccc7n(-c7ccccc7)c56)cc4)c3c2)cc1. The van der Waals surface area contributed by atoms with E-state index in [4.69, 9.17) is 0 Å². The number of para-hydroxylation sites is 8. The van der Waals surface area contributed by atoms with E-state index >= 15 is 0 Å². The molecule has 0 atom stereocenters. The van der Waals surface area contributed by atoms with Crippen molar-refractivity contribution in [3.63, 3.8) is 0 Å². The minimum atomic E-state index is 1.13. The van der Waals surface area contributed by atoms with Crippen LogP contribution in [0.4, 0.5) is 0 Å². The molecule has 9 heterocycles. The maximum absolute atomic E-state index is 2.41. The predicted molar refractivity (Wildman–Crippen MR) is 618 cm³/mol. The Balaban J connectivity index is 0.000000104. The van der Waals surface area contributed by atoms with E-state index in [0.717, 1.165) is 34.1 Å². The first-order valence-electron chi connectivity index (χ1n) is 50.4. The molecular formula is C138H91N9. The molecule has 0 saturated heterocycles. The smallest absolute Gasteiger partial charge is 0.0635 e. The third-order valence-electron chi connectivity index (χ3n) is 30.2. The van der Waals surface area contributed by atoms with Crippen molar-refractivity contribution in [2.24, 2.45) is 0 Å². The first kappa shape index (κ1) is 84.2. The number of rotatable bonds is 13. The fraction of sp³-hybridized carbons (Fsp3) is 0. The molecule has 0 aliphatic carbocycles. The molecule has 0 radical (unpaired) electrons. The number of hydrogen-bond acceptors (Lipinski definition) is 0. The van der Waals surface area contributed by atoms with Crippen molar-refractivity contribution in [3.8, 4) is 95.7 Å². The maximum Gasteiger partial charge on any atom is 0.0635 e. The van der Waals surface area contributed by atoms with Crippen LogP contribution in [-0.4, -0.2) is 41.1 Å².